The van der Waals surface area contributed by atoms with Crippen molar-refractivity contribution in [1.29, 1.82) is 0 Å². The van der Waals surface area contributed by atoms with Crippen molar-refractivity contribution in [1.82, 2.24) is 0 Å². The van der Waals surface area contributed by atoms with Gasteiger partial charge < -0.3 is 18.9 Å². The first kappa shape index (κ1) is 30.3. The van der Waals surface area contributed by atoms with E-state index in [9.17, 15) is 14.0 Å². The highest BCUT2D eigenvalue weighted by Crippen LogP contribution is 2.77. The van der Waals surface area contributed by atoms with E-state index in [1.54, 1.807) is 13.2 Å². The van der Waals surface area contributed by atoms with Crippen molar-refractivity contribution in [3.05, 3.63) is 54.6 Å². The van der Waals surface area contributed by atoms with Gasteiger partial charge in [-0.1, -0.05) is 68.6 Å². The van der Waals surface area contributed by atoms with Gasteiger partial charge in [-0.15, -0.1) is 0 Å². The Kier molecular flexibility index (Phi) is 6.94. The van der Waals surface area contributed by atoms with Crippen LogP contribution in [0.25, 0.3) is 0 Å². The lowest BCUT2D eigenvalue weighted by atomic mass is 9.70. The molecule has 8 rings (SSSR count). The highest BCUT2D eigenvalue weighted by molar-refractivity contribution is 9.11. The molecule has 0 aromatic heterocycles. The maximum atomic E-state index is 14.6. The third kappa shape index (κ3) is 3.91. The Morgan fingerprint density at radius 1 is 0.837 bits per heavy atom. The van der Waals surface area contributed by atoms with Crippen LogP contribution in [-0.2, 0) is 19.1 Å². The molecule has 10 heteroatoms. The van der Waals surface area contributed by atoms with Gasteiger partial charge in [0.25, 0.3) is 0 Å². The summed E-state index contributed by atoms with van der Waals surface area (Å²) < 4.78 is 39.8. The number of hydrogen-bond donors (Lipinski definition) is 0. The molecule has 43 heavy (non-hydrogen) atoms. The van der Waals surface area contributed by atoms with Crippen molar-refractivity contribution in [2.75, 3.05) is 14.2 Å². The Hall–Kier alpha value is -1.33. The quantitative estimate of drug-likeness (QED) is 0.290. The number of carbonyl (C=O) groups excluding carboxylic acids is 2. The van der Waals surface area contributed by atoms with Gasteiger partial charge >= 0.3 is 0 Å². The molecule has 2 spiro atoms. The number of ether oxygens (including phenoxy) is 4. The molecular formula is C33H34Br3FO6. The molecule has 8 unspecified atom stereocenters. The highest BCUT2D eigenvalue weighted by Gasteiger charge is 2.83. The molecule has 4 aliphatic carbocycles. The summed E-state index contributed by atoms with van der Waals surface area (Å²) in [6.45, 7) is 6.33. The van der Waals surface area contributed by atoms with E-state index < -0.39 is 23.1 Å². The normalized spacial score (nSPS) is 39.0. The molecule has 2 heterocycles. The van der Waals surface area contributed by atoms with Crippen LogP contribution in [0.3, 0.4) is 0 Å². The van der Waals surface area contributed by atoms with Gasteiger partial charge in [-0.25, -0.2) is 4.39 Å². The zero-order chi connectivity index (χ0) is 30.9. The molecule has 6 aliphatic rings. The monoisotopic (exact) mass is 782 g/mol. The molecule has 4 saturated carbocycles. The number of Topliss-reactive ketones (excluding diaryl/α,β-unsaturated/α-hetero) is 2. The van der Waals surface area contributed by atoms with Crippen molar-refractivity contribution >= 4 is 59.4 Å². The fourth-order valence-corrected chi connectivity index (χ4v) is 11.0. The molecule has 2 aromatic rings. The van der Waals surface area contributed by atoms with Gasteiger partial charge in [0.1, 0.15) is 29.5 Å². The average Bonchev–Trinajstić information content (AvgIpc) is 3.71. The van der Waals surface area contributed by atoms with Gasteiger partial charge in [-0.05, 0) is 67.7 Å². The summed E-state index contributed by atoms with van der Waals surface area (Å²) in [7, 11) is 3.16. The summed E-state index contributed by atoms with van der Waals surface area (Å²) in [4.78, 5) is 25.7. The van der Waals surface area contributed by atoms with Crippen LogP contribution >= 0.6 is 47.8 Å². The van der Waals surface area contributed by atoms with Crippen LogP contribution in [0, 0.1) is 34.4 Å². The molecule has 0 amide bonds. The van der Waals surface area contributed by atoms with E-state index in [2.05, 4.69) is 61.6 Å². The van der Waals surface area contributed by atoms with Crippen LogP contribution in [0.5, 0.6) is 11.5 Å². The lowest BCUT2D eigenvalue weighted by Gasteiger charge is -2.31. The molecule has 0 radical (unpaired) electrons. The third-order valence-corrected chi connectivity index (χ3v) is 13.3. The van der Waals surface area contributed by atoms with Crippen molar-refractivity contribution in [3.63, 3.8) is 0 Å². The molecule has 8 atom stereocenters. The van der Waals surface area contributed by atoms with E-state index in [4.69, 9.17) is 18.9 Å². The predicted molar refractivity (Wildman–Crippen MR) is 168 cm³/mol. The van der Waals surface area contributed by atoms with Crippen molar-refractivity contribution in [2.24, 2.45) is 28.6 Å². The number of rotatable bonds is 4. The maximum absolute atomic E-state index is 14.6. The number of benzene rings is 2. The number of carbonyl (C=O) groups is 2. The Morgan fingerprint density at radius 3 is 2.02 bits per heavy atom. The van der Waals surface area contributed by atoms with E-state index in [1.165, 1.54) is 13.2 Å². The van der Waals surface area contributed by atoms with E-state index in [1.807, 2.05) is 19.1 Å². The molecule has 6 fully saturated rings. The van der Waals surface area contributed by atoms with Crippen molar-refractivity contribution in [3.8, 4) is 11.5 Å². The summed E-state index contributed by atoms with van der Waals surface area (Å²) in [5, 5.41) is 0. The zero-order valence-corrected chi connectivity index (χ0v) is 29.5. The minimum atomic E-state index is -0.863. The van der Waals surface area contributed by atoms with Gasteiger partial charge in [0, 0.05) is 36.2 Å². The minimum absolute atomic E-state index is 0.127. The number of halogens is 4. The van der Waals surface area contributed by atoms with Crippen LogP contribution in [0.15, 0.2) is 37.7 Å². The first-order valence-electron chi connectivity index (χ1n) is 14.8. The number of ketones is 2. The highest BCUT2D eigenvalue weighted by atomic mass is 79.9. The summed E-state index contributed by atoms with van der Waals surface area (Å²) >= 11 is 10.3. The first-order valence-corrected chi connectivity index (χ1v) is 17.2. The van der Waals surface area contributed by atoms with Gasteiger partial charge in [0.2, 0.25) is 0 Å². The van der Waals surface area contributed by atoms with Crippen LogP contribution < -0.4 is 9.47 Å². The number of methoxy groups -OCH3 is 2. The molecule has 4 bridgehead atoms. The lowest BCUT2D eigenvalue weighted by molar-refractivity contribution is -0.132. The van der Waals surface area contributed by atoms with E-state index in [0.717, 1.165) is 52.4 Å². The fourth-order valence-electron chi connectivity index (χ4n) is 9.15. The van der Waals surface area contributed by atoms with Crippen molar-refractivity contribution < 1.29 is 32.9 Å². The molecule has 0 N–H and O–H groups in total. The van der Waals surface area contributed by atoms with Crippen LogP contribution in [0.2, 0.25) is 0 Å². The van der Waals surface area contributed by atoms with Gasteiger partial charge in [-0.2, -0.15) is 0 Å². The SMILES string of the molecule is COc1cc(Br)cc(Br)c1C1OC12C(=O)C1CCC2C1.COc1cc(Br)cc(F)c1C1OC12C(=O)C1(C)CCC2C1(C)C. The summed E-state index contributed by atoms with van der Waals surface area (Å²) in [5.74, 6) is 2.01. The molecule has 2 aromatic carbocycles. The van der Waals surface area contributed by atoms with E-state index in [-0.39, 0.29) is 34.6 Å². The first-order chi connectivity index (χ1) is 20.3. The fraction of sp³-hybridized carbons (Fsp3) is 0.576. The number of epoxide rings is 2. The second kappa shape index (κ2) is 9.84. The molecule has 2 saturated heterocycles. The van der Waals surface area contributed by atoms with Gasteiger partial charge in [-0.3, -0.25) is 9.59 Å². The lowest BCUT2D eigenvalue weighted by Crippen LogP contribution is -2.37. The maximum Gasteiger partial charge on any atom is 0.174 e. The second-order valence-electron chi connectivity index (χ2n) is 13.6. The Bertz CT molecular complexity index is 1580. The summed E-state index contributed by atoms with van der Waals surface area (Å²) in [6.07, 6.45) is 4.31. The Balaban J connectivity index is 0.000000141. The zero-order valence-electron chi connectivity index (χ0n) is 24.7. The summed E-state index contributed by atoms with van der Waals surface area (Å²) in [6, 6.07) is 7.02. The molecular weight excluding hydrogens is 751 g/mol. The average molecular weight is 785 g/mol. The van der Waals surface area contributed by atoms with E-state index in [0.29, 0.717) is 27.5 Å². The van der Waals surface area contributed by atoms with Gasteiger partial charge in [0.15, 0.2) is 22.8 Å². The molecule has 6 nitrogen and oxygen atoms in total. The Morgan fingerprint density at radius 2 is 1.44 bits per heavy atom. The largest absolute Gasteiger partial charge is 0.496 e. The number of fused-ring (bicyclic) bond motifs is 6. The van der Waals surface area contributed by atoms with E-state index >= 15 is 0 Å². The van der Waals surface area contributed by atoms with Crippen LogP contribution in [0.4, 0.5) is 4.39 Å². The smallest absolute Gasteiger partial charge is 0.174 e. The minimum Gasteiger partial charge on any atom is -0.496 e. The van der Waals surface area contributed by atoms with Crippen LogP contribution in [-0.4, -0.2) is 37.0 Å². The number of hydrogen-bond acceptors (Lipinski definition) is 6. The molecule has 230 valence electrons. The topological polar surface area (TPSA) is 77.7 Å². The molecule has 2 aliphatic heterocycles. The van der Waals surface area contributed by atoms with Gasteiger partial charge in [0.05, 0.1) is 19.8 Å². The van der Waals surface area contributed by atoms with Crippen molar-refractivity contribution in [2.45, 2.75) is 76.3 Å². The predicted octanol–water partition coefficient (Wildman–Crippen LogP) is 8.46. The van der Waals surface area contributed by atoms with Crippen LogP contribution in [0.1, 0.15) is 76.2 Å². The Labute approximate surface area is 276 Å². The third-order valence-electron chi connectivity index (χ3n) is 11.8. The second-order valence-corrected chi connectivity index (χ2v) is 16.3. The summed E-state index contributed by atoms with van der Waals surface area (Å²) in [5.41, 5.74) is -0.582. The standard InChI is InChI=1S/C18H20BrFO3.C15H14Br2O3/c1-16(2)12-5-6-17(16,3)15(21)18(12)14(23-18)13-10(20)7-9(19)8-11(13)22-4;1-19-11-6-9(16)5-10(17)12(11)14-15(20-14)8-3-2-7(4-8)13(15)18/h7-8,12,14H,5-6H2,1-4H3;5-8,14H,2-4H2,1H3.